The first-order chi connectivity index (χ1) is 13.5. The van der Waals surface area contributed by atoms with Gasteiger partial charge in [0.25, 0.3) is 5.91 Å². The van der Waals surface area contributed by atoms with Gasteiger partial charge in [0.15, 0.2) is 11.6 Å². The number of fused-ring (bicyclic) bond motifs is 1. The summed E-state index contributed by atoms with van der Waals surface area (Å²) in [5, 5.41) is 20.5. The summed E-state index contributed by atoms with van der Waals surface area (Å²) in [4.78, 5) is 25.3. The topological polar surface area (TPSA) is 79.5 Å². The molecule has 152 valence electrons. The second-order valence-corrected chi connectivity index (χ2v) is 7.86. The quantitative estimate of drug-likeness (QED) is 0.561. The van der Waals surface area contributed by atoms with Gasteiger partial charge in [0.1, 0.15) is 0 Å². The number of rotatable bonds is 4. The molecular formula is C21H18Cl2FNO4. The molecule has 5 nitrogen and oxygen atoms in total. The normalized spacial score (nSPS) is 13.4. The molecule has 3 rings (SSSR count). The van der Waals surface area contributed by atoms with Gasteiger partial charge in [0, 0.05) is 22.7 Å². The van der Waals surface area contributed by atoms with Gasteiger partial charge in [-0.3, -0.25) is 14.2 Å². The van der Waals surface area contributed by atoms with E-state index in [0.29, 0.717) is 16.6 Å². The van der Waals surface area contributed by atoms with Crippen LogP contribution in [-0.4, -0.2) is 26.7 Å². The van der Waals surface area contributed by atoms with Gasteiger partial charge in [-0.15, -0.1) is 0 Å². The molecule has 0 unspecified atom stereocenters. The van der Waals surface area contributed by atoms with Gasteiger partial charge in [-0.2, -0.15) is 0 Å². The number of aliphatic carboxylic acids is 1. The van der Waals surface area contributed by atoms with Crippen LogP contribution in [0.5, 0.6) is 5.75 Å². The Kier molecular flexibility index (Phi) is 5.36. The Balaban J connectivity index is 2.40. The molecule has 29 heavy (non-hydrogen) atoms. The van der Waals surface area contributed by atoms with Crippen molar-refractivity contribution in [3.8, 4) is 5.75 Å². The number of carboxylic acid groups (broad SMARTS) is 1. The minimum Gasteiger partial charge on any atom is -0.505 e. The molecule has 2 N–H and O–H groups in total. The average molecular weight is 438 g/mol. The third-order valence-corrected chi connectivity index (χ3v) is 6.11. The third-order valence-electron chi connectivity index (χ3n) is 5.37. The Labute approximate surface area is 176 Å². The van der Waals surface area contributed by atoms with E-state index in [1.807, 2.05) is 0 Å². The highest BCUT2D eigenvalue weighted by Gasteiger charge is 2.39. The van der Waals surface area contributed by atoms with Crippen LogP contribution in [-0.2, 0) is 10.2 Å². The van der Waals surface area contributed by atoms with Gasteiger partial charge in [0.2, 0.25) is 0 Å². The number of phenols is 1. The first-order valence-electron chi connectivity index (χ1n) is 8.80. The largest absolute Gasteiger partial charge is 0.505 e. The van der Waals surface area contributed by atoms with E-state index in [9.17, 15) is 24.2 Å². The lowest BCUT2D eigenvalue weighted by Gasteiger charge is -2.24. The maximum absolute atomic E-state index is 14.2. The van der Waals surface area contributed by atoms with E-state index >= 15 is 0 Å². The standard InChI is InChI=1S/C21H18Cl2FNO4/c1-4-21(3,20(28)29)18-10(2)25(16-9-15(24)17(26)8-12(16)18)19(27)11-5-6-13(22)14(23)7-11/h5-9,26H,4H2,1-3H3,(H,28,29)/t21-/m1/s1. The first-order valence-corrected chi connectivity index (χ1v) is 9.55. The van der Waals surface area contributed by atoms with E-state index in [0.717, 1.165) is 12.1 Å². The van der Waals surface area contributed by atoms with Crippen molar-refractivity contribution in [1.82, 2.24) is 4.57 Å². The zero-order valence-electron chi connectivity index (χ0n) is 15.9. The predicted molar refractivity (Wildman–Crippen MR) is 110 cm³/mol. The molecule has 8 heteroatoms. The van der Waals surface area contributed by atoms with E-state index in [-0.39, 0.29) is 27.5 Å². The molecule has 0 spiro atoms. The molecule has 0 amide bonds. The number of benzene rings is 2. The highest BCUT2D eigenvalue weighted by Crippen LogP contribution is 2.40. The molecule has 0 radical (unpaired) electrons. The average Bonchev–Trinajstić information content (AvgIpc) is 2.94. The molecule has 2 aromatic carbocycles. The number of carbonyl (C=O) groups is 2. The second-order valence-electron chi connectivity index (χ2n) is 7.04. The molecule has 0 fully saturated rings. The zero-order chi connectivity index (χ0) is 21.7. The Morgan fingerprint density at radius 3 is 2.38 bits per heavy atom. The van der Waals surface area contributed by atoms with Crippen molar-refractivity contribution < 1.29 is 24.2 Å². The third kappa shape index (κ3) is 3.26. The molecule has 0 saturated heterocycles. The maximum atomic E-state index is 14.2. The minimum atomic E-state index is -1.35. The van der Waals surface area contributed by atoms with Crippen molar-refractivity contribution in [3.05, 3.63) is 63.0 Å². The molecule has 1 aromatic heterocycles. The fourth-order valence-corrected chi connectivity index (χ4v) is 3.87. The summed E-state index contributed by atoms with van der Waals surface area (Å²) in [5.41, 5.74) is -0.313. The number of hydrogen-bond acceptors (Lipinski definition) is 3. The van der Waals surface area contributed by atoms with E-state index in [4.69, 9.17) is 23.2 Å². The number of phenolic OH excluding ortho intramolecular Hbond substituents is 1. The van der Waals surface area contributed by atoms with Crippen LogP contribution >= 0.6 is 23.2 Å². The minimum absolute atomic E-state index is 0.157. The number of aromatic nitrogens is 1. The van der Waals surface area contributed by atoms with E-state index in [2.05, 4.69) is 0 Å². The van der Waals surface area contributed by atoms with E-state index < -0.39 is 28.9 Å². The van der Waals surface area contributed by atoms with E-state index in [1.54, 1.807) is 13.8 Å². The smallest absolute Gasteiger partial charge is 0.313 e. The zero-order valence-corrected chi connectivity index (χ0v) is 17.4. The number of nitrogens with zero attached hydrogens (tertiary/aromatic N) is 1. The Morgan fingerprint density at radius 2 is 1.83 bits per heavy atom. The Morgan fingerprint density at radius 1 is 1.17 bits per heavy atom. The lowest BCUT2D eigenvalue weighted by molar-refractivity contribution is -0.143. The highest BCUT2D eigenvalue weighted by molar-refractivity contribution is 6.42. The van der Waals surface area contributed by atoms with Gasteiger partial charge < -0.3 is 10.2 Å². The molecule has 0 aliphatic heterocycles. The van der Waals surface area contributed by atoms with Crippen LogP contribution in [0.15, 0.2) is 30.3 Å². The van der Waals surface area contributed by atoms with Gasteiger partial charge in [-0.1, -0.05) is 30.1 Å². The van der Waals surface area contributed by atoms with E-state index in [1.165, 1.54) is 29.7 Å². The molecule has 3 aromatic rings. The van der Waals surface area contributed by atoms with Crippen LogP contribution in [0.3, 0.4) is 0 Å². The summed E-state index contributed by atoms with van der Waals surface area (Å²) < 4.78 is 15.4. The maximum Gasteiger partial charge on any atom is 0.313 e. The summed E-state index contributed by atoms with van der Waals surface area (Å²) in [5.74, 6) is -3.15. The van der Waals surface area contributed by atoms with Crippen LogP contribution in [0.25, 0.3) is 10.9 Å². The van der Waals surface area contributed by atoms with Crippen LogP contribution in [0, 0.1) is 12.7 Å². The van der Waals surface area contributed by atoms with Crippen molar-refractivity contribution in [1.29, 1.82) is 0 Å². The van der Waals surface area contributed by atoms with Gasteiger partial charge in [0.05, 0.1) is 21.0 Å². The molecule has 1 atom stereocenters. The predicted octanol–water partition coefficient (Wildman–Crippen LogP) is 5.54. The molecule has 0 bridgehead atoms. The fraction of sp³-hybridized carbons (Fsp3) is 0.238. The number of hydrogen-bond donors (Lipinski definition) is 2. The fourth-order valence-electron chi connectivity index (χ4n) is 3.58. The van der Waals surface area contributed by atoms with Crippen molar-refractivity contribution in [2.45, 2.75) is 32.6 Å². The van der Waals surface area contributed by atoms with Crippen LogP contribution < -0.4 is 0 Å². The summed E-state index contributed by atoms with van der Waals surface area (Å²) in [6.45, 7) is 4.84. The van der Waals surface area contributed by atoms with Gasteiger partial charge >= 0.3 is 5.97 Å². The second kappa shape index (κ2) is 7.35. The van der Waals surface area contributed by atoms with Crippen molar-refractivity contribution in [2.75, 3.05) is 0 Å². The van der Waals surface area contributed by atoms with Crippen molar-refractivity contribution in [2.24, 2.45) is 0 Å². The molecule has 0 aliphatic carbocycles. The van der Waals surface area contributed by atoms with Gasteiger partial charge in [-0.05, 0) is 50.1 Å². The Hall–Kier alpha value is -2.57. The highest BCUT2D eigenvalue weighted by atomic mass is 35.5. The Bertz CT molecular complexity index is 1170. The lowest BCUT2D eigenvalue weighted by Crippen LogP contribution is -2.32. The molecular weight excluding hydrogens is 420 g/mol. The van der Waals surface area contributed by atoms with Crippen LogP contribution in [0.1, 0.15) is 41.9 Å². The van der Waals surface area contributed by atoms with Crippen molar-refractivity contribution in [3.63, 3.8) is 0 Å². The van der Waals surface area contributed by atoms with Crippen LogP contribution in [0.4, 0.5) is 4.39 Å². The number of carbonyl (C=O) groups excluding carboxylic acids is 1. The number of carboxylic acids is 1. The first kappa shape index (κ1) is 21.1. The summed E-state index contributed by atoms with van der Waals surface area (Å²) in [6.07, 6.45) is 0.224. The monoisotopic (exact) mass is 437 g/mol. The number of halogens is 3. The summed E-state index contributed by atoms with van der Waals surface area (Å²) in [6, 6.07) is 6.52. The van der Waals surface area contributed by atoms with Crippen LogP contribution in [0.2, 0.25) is 10.0 Å². The SMILES string of the molecule is CC[C@@](C)(C(=O)O)c1c(C)n(C(=O)c2ccc(Cl)c(Cl)c2)c2cc(F)c(O)cc12. The lowest BCUT2D eigenvalue weighted by atomic mass is 9.78. The molecule has 0 aliphatic rings. The van der Waals surface area contributed by atoms with Crippen molar-refractivity contribution >= 4 is 46.0 Å². The molecule has 0 saturated carbocycles. The molecule has 1 heterocycles. The summed E-state index contributed by atoms with van der Waals surface area (Å²) in [7, 11) is 0. The van der Waals surface area contributed by atoms with Gasteiger partial charge in [-0.25, -0.2) is 4.39 Å². The summed E-state index contributed by atoms with van der Waals surface area (Å²) >= 11 is 11.9. The number of aromatic hydroxyl groups is 1.